The lowest BCUT2D eigenvalue weighted by molar-refractivity contribution is 0.286. The van der Waals surface area contributed by atoms with Crippen molar-refractivity contribution in [2.45, 2.75) is 42.9 Å². The molecule has 10 heteroatoms. The number of rotatable bonds is 5. The molecule has 0 saturated heterocycles. The number of aryl methyl sites for hydroxylation is 1. The van der Waals surface area contributed by atoms with E-state index in [4.69, 9.17) is 0 Å². The molecule has 1 fully saturated rings. The normalized spacial score (nSPS) is 19.9. The molecule has 0 aromatic carbocycles. The average molecular weight is 414 g/mol. The summed E-state index contributed by atoms with van der Waals surface area (Å²) in [6, 6.07) is 6.69. The van der Waals surface area contributed by atoms with E-state index < -0.39 is 10.0 Å². The molecule has 4 rings (SSSR count). The van der Waals surface area contributed by atoms with Crippen LogP contribution in [-0.4, -0.2) is 38.8 Å². The zero-order valence-corrected chi connectivity index (χ0v) is 16.8. The molecule has 1 N–H and O–H groups in total. The maximum absolute atomic E-state index is 12.5. The van der Waals surface area contributed by atoms with Gasteiger partial charge in [-0.05, 0) is 43.9 Å². The van der Waals surface area contributed by atoms with Crippen molar-refractivity contribution < 1.29 is 8.42 Å². The Kier molecular flexibility index (Phi) is 5.29. The SMILES string of the molecule is Cn1ccnc1S(=O)(=O)NC1CCC(n2nc(-c3cccnc3)ccc2=O)CC1. The topological polar surface area (TPSA) is 112 Å². The summed E-state index contributed by atoms with van der Waals surface area (Å²) in [7, 11) is -2.02. The molecule has 3 heterocycles. The van der Waals surface area contributed by atoms with Crippen molar-refractivity contribution in [2.24, 2.45) is 7.05 Å². The lowest BCUT2D eigenvalue weighted by Crippen LogP contribution is -2.40. The minimum Gasteiger partial charge on any atom is -0.324 e. The minimum absolute atomic E-state index is 0.00156. The molecule has 0 aliphatic heterocycles. The second-order valence-corrected chi connectivity index (χ2v) is 8.80. The molecule has 152 valence electrons. The second kappa shape index (κ2) is 7.88. The fraction of sp³-hybridized carbons (Fsp3) is 0.368. The maximum atomic E-state index is 12.5. The van der Waals surface area contributed by atoms with E-state index in [0.717, 1.165) is 5.56 Å². The molecule has 1 aliphatic carbocycles. The zero-order valence-electron chi connectivity index (χ0n) is 16.0. The summed E-state index contributed by atoms with van der Waals surface area (Å²) in [5, 5.41) is 4.53. The quantitative estimate of drug-likeness (QED) is 0.677. The molecule has 3 aromatic rings. The van der Waals surface area contributed by atoms with Crippen LogP contribution in [-0.2, 0) is 17.1 Å². The van der Waals surface area contributed by atoms with E-state index in [1.54, 1.807) is 31.7 Å². The van der Waals surface area contributed by atoms with Crippen molar-refractivity contribution in [3.05, 3.63) is 59.4 Å². The number of aromatic nitrogens is 5. The maximum Gasteiger partial charge on any atom is 0.274 e. The number of nitrogens with one attached hydrogen (secondary N) is 1. The first-order valence-corrected chi connectivity index (χ1v) is 10.9. The first kappa shape index (κ1) is 19.5. The monoisotopic (exact) mass is 414 g/mol. The van der Waals surface area contributed by atoms with Gasteiger partial charge in [-0.25, -0.2) is 22.8 Å². The highest BCUT2D eigenvalue weighted by atomic mass is 32.2. The summed E-state index contributed by atoms with van der Waals surface area (Å²) in [5.74, 6) is 0. The highest BCUT2D eigenvalue weighted by Crippen LogP contribution is 2.28. The van der Waals surface area contributed by atoms with Gasteiger partial charge >= 0.3 is 0 Å². The molecule has 3 aromatic heterocycles. The third-order valence-corrected chi connectivity index (χ3v) is 6.68. The predicted octanol–water partition coefficient (Wildman–Crippen LogP) is 1.50. The fourth-order valence-corrected chi connectivity index (χ4v) is 5.10. The van der Waals surface area contributed by atoms with Crippen LogP contribution in [0.25, 0.3) is 11.3 Å². The van der Waals surface area contributed by atoms with E-state index in [2.05, 4.69) is 19.8 Å². The first-order chi connectivity index (χ1) is 13.9. The Labute approximate surface area is 168 Å². The van der Waals surface area contributed by atoms with Gasteiger partial charge in [0.25, 0.3) is 15.6 Å². The van der Waals surface area contributed by atoms with E-state index in [9.17, 15) is 13.2 Å². The molecule has 0 amide bonds. The highest BCUT2D eigenvalue weighted by Gasteiger charge is 2.29. The van der Waals surface area contributed by atoms with Crippen molar-refractivity contribution in [2.75, 3.05) is 0 Å². The van der Waals surface area contributed by atoms with Crippen LogP contribution in [0.15, 0.2) is 59.0 Å². The predicted molar refractivity (Wildman–Crippen MR) is 107 cm³/mol. The van der Waals surface area contributed by atoms with Gasteiger partial charge in [0.1, 0.15) is 0 Å². The van der Waals surface area contributed by atoms with Crippen molar-refractivity contribution in [1.29, 1.82) is 0 Å². The van der Waals surface area contributed by atoms with Gasteiger partial charge in [-0.1, -0.05) is 0 Å². The largest absolute Gasteiger partial charge is 0.324 e. The van der Waals surface area contributed by atoms with Crippen molar-refractivity contribution in [3.63, 3.8) is 0 Å². The Balaban J connectivity index is 1.46. The lowest BCUT2D eigenvalue weighted by Gasteiger charge is -2.29. The standard InChI is InChI=1S/C19H22N6O3S/c1-24-12-11-21-19(24)29(27,28)23-15-4-6-16(7-5-15)25-18(26)9-8-17(22-25)14-3-2-10-20-13-14/h2-3,8-13,15-16,23H,4-7H2,1H3. The number of pyridine rings is 1. The van der Waals surface area contributed by atoms with Crippen LogP contribution < -0.4 is 10.3 Å². The third-order valence-electron chi connectivity index (χ3n) is 5.16. The summed E-state index contributed by atoms with van der Waals surface area (Å²) < 4.78 is 30.8. The molecule has 1 aliphatic rings. The number of hydrogen-bond donors (Lipinski definition) is 1. The first-order valence-electron chi connectivity index (χ1n) is 9.44. The number of sulfonamides is 1. The van der Waals surface area contributed by atoms with Gasteiger partial charge in [-0.3, -0.25) is 9.78 Å². The number of nitrogens with zero attached hydrogens (tertiary/aromatic N) is 5. The lowest BCUT2D eigenvalue weighted by atomic mass is 9.92. The molecule has 0 bridgehead atoms. The third kappa shape index (κ3) is 4.13. The van der Waals surface area contributed by atoms with E-state index in [1.807, 2.05) is 12.1 Å². The van der Waals surface area contributed by atoms with Crippen LogP contribution in [0.4, 0.5) is 0 Å². The molecule has 0 radical (unpaired) electrons. The van der Waals surface area contributed by atoms with Crippen LogP contribution in [0.5, 0.6) is 0 Å². The van der Waals surface area contributed by atoms with Gasteiger partial charge in [-0.15, -0.1) is 0 Å². The summed E-state index contributed by atoms with van der Waals surface area (Å²) in [6.45, 7) is 0. The smallest absolute Gasteiger partial charge is 0.274 e. The molecule has 0 atom stereocenters. The summed E-state index contributed by atoms with van der Waals surface area (Å²) in [6.07, 6.45) is 9.03. The van der Waals surface area contributed by atoms with E-state index in [0.29, 0.717) is 31.4 Å². The van der Waals surface area contributed by atoms with Crippen molar-refractivity contribution in [3.8, 4) is 11.3 Å². The fourth-order valence-electron chi connectivity index (χ4n) is 3.68. The van der Waals surface area contributed by atoms with Crippen molar-refractivity contribution >= 4 is 10.0 Å². The minimum atomic E-state index is -3.67. The summed E-state index contributed by atoms with van der Waals surface area (Å²) in [5.41, 5.74) is 1.38. The molecular weight excluding hydrogens is 392 g/mol. The van der Waals surface area contributed by atoms with Gasteiger partial charge in [0.2, 0.25) is 5.16 Å². The van der Waals surface area contributed by atoms with Crippen LogP contribution >= 0.6 is 0 Å². The Morgan fingerprint density at radius 3 is 2.55 bits per heavy atom. The summed E-state index contributed by atoms with van der Waals surface area (Å²) >= 11 is 0. The van der Waals surface area contributed by atoms with Gasteiger partial charge in [0.05, 0.1) is 11.7 Å². The molecule has 1 saturated carbocycles. The van der Waals surface area contributed by atoms with Gasteiger partial charge < -0.3 is 4.57 Å². The Morgan fingerprint density at radius 1 is 1.10 bits per heavy atom. The zero-order chi connectivity index (χ0) is 20.4. The summed E-state index contributed by atoms with van der Waals surface area (Å²) in [4.78, 5) is 20.4. The molecule has 9 nitrogen and oxygen atoms in total. The van der Waals surface area contributed by atoms with Crippen LogP contribution in [0.3, 0.4) is 0 Å². The molecule has 29 heavy (non-hydrogen) atoms. The van der Waals surface area contributed by atoms with E-state index >= 15 is 0 Å². The Hall–Kier alpha value is -2.85. The molecular formula is C19H22N6O3S. The van der Waals surface area contributed by atoms with Crippen molar-refractivity contribution in [1.82, 2.24) is 29.0 Å². The Bertz CT molecular complexity index is 1150. The van der Waals surface area contributed by atoms with E-state index in [1.165, 1.54) is 21.5 Å². The van der Waals surface area contributed by atoms with Crippen LogP contribution in [0.2, 0.25) is 0 Å². The van der Waals surface area contributed by atoms with Gasteiger partial charge in [-0.2, -0.15) is 5.10 Å². The average Bonchev–Trinajstić information content (AvgIpc) is 3.16. The van der Waals surface area contributed by atoms with Gasteiger partial charge in [0.15, 0.2) is 0 Å². The number of hydrogen-bond acceptors (Lipinski definition) is 6. The second-order valence-electron chi connectivity index (χ2n) is 7.19. The van der Waals surface area contributed by atoms with Gasteiger partial charge in [0, 0.05) is 49.5 Å². The van der Waals surface area contributed by atoms with E-state index in [-0.39, 0.29) is 22.8 Å². The molecule has 0 unspecified atom stereocenters. The number of imidazole rings is 1. The van der Waals surface area contributed by atoms with Crippen LogP contribution in [0, 0.1) is 0 Å². The molecule has 0 spiro atoms. The van der Waals surface area contributed by atoms with Crippen LogP contribution in [0.1, 0.15) is 31.7 Å². The Morgan fingerprint density at radius 2 is 1.90 bits per heavy atom. The highest BCUT2D eigenvalue weighted by molar-refractivity contribution is 7.89.